The molecule has 0 N–H and O–H groups in total. The predicted molar refractivity (Wildman–Crippen MR) is 48.9 cm³/mol. The molecule has 0 amide bonds. The maximum Gasteiger partial charge on any atom is 0.229 e. The van der Waals surface area contributed by atoms with E-state index in [1.807, 2.05) is 0 Å². The molecule has 4 nitrogen and oxygen atoms in total. The first kappa shape index (κ1) is 7.67. The van der Waals surface area contributed by atoms with Crippen LogP contribution >= 0.6 is 0 Å². The summed E-state index contributed by atoms with van der Waals surface area (Å²) in [6.45, 7) is 0. The number of nitrogens with zero attached hydrogens (tertiary/aromatic N) is 2. The van der Waals surface area contributed by atoms with Crippen molar-refractivity contribution in [1.29, 1.82) is 0 Å². The van der Waals surface area contributed by atoms with Crippen molar-refractivity contribution in [3.63, 3.8) is 0 Å². The van der Waals surface area contributed by atoms with E-state index in [0.717, 1.165) is 18.2 Å². The summed E-state index contributed by atoms with van der Waals surface area (Å²) in [6, 6.07) is 1.72. The number of aromatic nitrogens is 2. The lowest BCUT2D eigenvalue weighted by Gasteiger charge is -1.88. The average molecular weight is 188 g/mol. The van der Waals surface area contributed by atoms with Crippen molar-refractivity contribution < 1.29 is 9.21 Å². The number of hydrogen-bond acceptors (Lipinski definition) is 4. The van der Waals surface area contributed by atoms with E-state index in [-0.39, 0.29) is 11.7 Å². The number of fused-ring (bicyclic) bond motifs is 1. The molecule has 70 valence electrons. The third kappa shape index (κ3) is 1.11. The van der Waals surface area contributed by atoms with E-state index in [9.17, 15) is 4.79 Å². The maximum absolute atomic E-state index is 11.6. The van der Waals surface area contributed by atoms with E-state index in [1.54, 1.807) is 12.3 Å². The standard InChI is InChI=1S/C10H8N2O2/c13-9(6-1-2-6)8-3-7-4-11-5-12-10(7)14-8/h3-6H,1-2H2. The van der Waals surface area contributed by atoms with E-state index < -0.39 is 0 Å². The van der Waals surface area contributed by atoms with Crippen molar-refractivity contribution in [2.24, 2.45) is 5.92 Å². The highest BCUT2D eigenvalue weighted by molar-refractivity contribution is 5.99. The van der Waals surface area contributed by atoms with Gasteiger partial charge in [-0.05, 0) is 18.9 Å². The van der Waals surface area contributed by atoms with Crippen molar-refractivity contribution in [1.82, 2.24) is 9.97 Å². The van der Waals surface area contributed by atoms with Crippen LogP contribution in [0, 0.1) is 5.92 Å². The zero-order valence-electron chi connectivity index (χ0n) is 7.43. The first-order valence-electron chi connectivity index (χ1n) is 4.58. The Morgan fingerprint density at radius 3 is 3.07 bits per heavy atom. The second-order valence-electron chi connectivity index (χ2n) is 3.53. The van der Waals surface area contributed by atoms with Crippen LogP contribution in [0.1, 0.15) is 23.4 Å². The van der Waals surface area contributed by atoms with Crippen molar-refractivity contribution in [3.8, 4) is 0 Å². The van der Waals surface area contributed by atoms with Crippen LogP contribution in [0.25, 0.3) is 11.1 Å². The SMILES string of the molecule is O=C(c1cc2cncnc2o1)C1CC1. The molecule has 2 aromatic heterocycles. The molecule has 0 spiro atoms. The van der Waals surface area contributed by atoms with Gasteiger partial charge in [-0.1, -0.05) is 0 Å². The number of furan rings is 1. The molecule has 0 aliphatic heterocycles. The molecule has 4 heteroatoms. The first-order chi connectivity index (χ1) is 6.84. The molecule has 1 aliphatic carbocycles. The molecule has 0 atom stereocenters. The highest BCUT2D eigenvalue weighted by Gasteiger charge is 2.32. The lowest BCUT2D eigenvalue weighted by atomic mass is 10.2. The van der Waals surface area contributed by atoms with Crippen LogP contribution in [0.5, 0.6) is 0 Å². The lowest BCUT2D eigenvalue weighted by molar-refractivity contribution is 0.0942. The number of hydrogen-bond donors (Lipinski definition) is 0. The number of carbonyl (C=O) groups excluding carboxylic acids is 1. The Labute approximate surface area is 80.0 Å². The quantitative estimate of drug-likeness (QED) is 0.674. The van der Waals surface area contributed by atoms with Crippen molar-refractivity contribution in [2.75, 3.05) is 0 Å². The fourth-order valence-corrected chi connectivity index (χ4v) is 1.46. The van der Waals surface area contributed by atoms with E-state index in [4.69, 9.17) is 4.42 Å². The Balaban J connectivity index is 2.09. The van der Waals surface area contributed by atoms with Gasteiger partial charge in [-0.25, -0.2) is 9.97 Å². The minimum atomic E-state index is 0.100. The number of rotatable bonds is 2. The first-order valence-corrected chi connectivity index (χ1v) is 4.58. The summed E-state index contributed by atoms with van der Waals surface area (Å²) < 4.78 is 5.33. The largest absolute Gasteiger partial charge is 0.434 e. The van der Waals surface area contributed by atoms with Gasteiger partial charge >= 0.3 is 0 Å². The van der Waals surface area contributed by atoms with Gasteiger partial charge in [0.25, 0.3) is 0 Å². The summed E-state index contributed by atoms with van der Waals surface area (Å²) in [5.41, 5.74) is 0.490. The molecule has 2 heterocycles. The molecule has 1 aliphatic rings. The smallest absolute Gasteiger partial charge is 0.229 e. The third-order valence-electron chi connectivity index (χ3n) is 2.39. The molecule has 0 radical (unpaired) electrons. The molecular formula is C10H8N2O2. The monoisotopic (exact) mass is 188 g/mol. The van der Waals surface area contributed by atoms with Gasteiger partial charge in [-0.15, -0.1) is 0 Å². The summed E-state index contributed by atoms with van der Waals surface area (Å²) in [6.07, 6.45) is 5.04. The highest BCUT2D eigenvalue weighted by atomic mass is 16.4. The van der Waals surface area contributed by atoms with Gasteiger partial charge < -0.3 is 4.42 Å². The van der Waals surface area contributed by atoms with E-state index in [0.29, 0.717) is 11.5 Å². The van der Waals surface area contributed by atoms with E-state index in [2.05, 4.69) is 9.97 Å². The van der Waals surface area contributed by atoms with Crippen molar-refractivity contribution in [3.05, 3.63) is 24.4 Å². The fourth-order valence-electron chi connectivity index (χ4n) is 1.46. The fraction of sp³-hybridized carbons (Fsp3) is 0.300. The molecular weight excluding hydrogens is 180 g/mol. The van der Waals surface area contributed by atoms with Gasteiger partial charge in [0.05, 0.1) is 5.39 Å². The van der Waals surface area contributed by atoms with Crippen LogP contribution in [0.4, 0.5) is 0 Å². The molecule has 0 unspecified atom stereocenters. The molecule has 0 bridgehead atoms. The van der Waals surface area contributed by atoms with Crippen LogP contribution in [0.3, 0.4) is 0 Å². The van der Waals surface area contributed by atoms with Gasteiger partial charge in [0.1, 0.15) is 6.33 Å². The average Bonchev–Trinajstić information content (AvgIpc) is 2.95. The Kier molecular flexibility index (Phi) is 1.45. The zero-order chi connectivity index (χ0) is 9.54. The summed E-state index contributed by atoms with van der Waals surface area (Å²) in [7, 11) is 0. The summed E-state index contributed by atoms with van der Waals surface area (Å²) in [4.78, 5) is 19.4. The van der Waals surface area contributed by atoms with Crippen molar-refractivity contribution >= 4 is 16.9 Å². The van der Waals surface area contributed by atoms with Gasteiger partial charge in [0.15, 0.2) is 5.76 Å². The van der Waals surface area contributed by atoms with Crippen LogP contribution < -0.4 is 0 Å². The Morgan fingerprint density at radius 2 is 2.36 bits per heavy atom. The molecule has 2 aromatic rings. The Hall–Kier alpha value is -1.71. The minimum Gasteiger partial charge on any atom is -0.434 e. The van der Waals surface area contributed by atoms with E-state index >= 15 is 0 Å². The Morgan fingerprint density at radius 1 is 1.50 bits per heavy atom. The molecule has 0 saturated heterocycles. The predicted octanol–water partition coefficient (Wildman–Crippen LogP) is 1.82. The third-order valence-corrected chi connectivity index (χ3v) is 2.39. The second-order valence-corrected chi connectivity index (χ2v) is 3.53. The minimum absolute atomic E-state index is 0.100. The molecule has 1 fully saturated rings. The summed E-state index contributed by atoms with van der Waals surface area (Å²) in [5, 5.41) is 0.788. The maximum atomic E-state index is 11.6. The zero-order valence-corrected chi connectivity index (χ0v) is 7.43. The Bertz CT molecular complexity index is 467. The van der Waals surface area contributed by atoms with Gasteiger partial charge in [-0.2, -0.15) is 0 Å². The van der Waals surface area contributed by atoms with Crippen LogP contribution in [0.15, 0.2) is 23.0 Å². The summed E-state index contributed by atoms with van der Waals surface area (Å²) in [5.74, 6) is 0.703. The lowest BCUT2D eigenvalue weighted by Crippen LogP contribution is -1.98. The van der Waals surface area contributed by atoms with E-state index in [1.165, 1.54) is 6.33 Å². The van der Waals surface area contributed by atoms with Gasteiger partial charge in [-0.3, -0.25) is 4.79 Å². The topological polar surface area (TPSA) is 56.0 Å². The van der Waals surface area contributed by atoms with Crippen molar-refractivity contribution in [2.45, 2.75) is 12.8 Å². The number of Topliss-reactive ketones (excluding diaryl/α,β-unsaturated/α-hetero) is 1. The van der Waals surface area contributed by atoms with Crippen LogP contribution in [-0.2, 0) is 0 Å². The summed E-state index contributed by atoms with van der Waals surface area (Å²) >= 11 is 0. The van der Waals surface area contributed by atoms with Crippen LogP contribution in [-0.4, -0.2) is 15.8 Å². The molecule has 3 rings (SSSR count). The van der Waals surface area contributed by atoms with Gasteiger partial charge in [0, 0.05) is 12.1 Å². The highest BCUT2D eigenvalue weighted by Crippen LogP contribution is 2.33. The number of carbonyl (C=O) groups is 1. The molecule has 14 heavy (non-hydrogen) atoms. The molecule has 1 saturated carbocycles. The van der Waals surface area contributed by atoms with Crippen LogP contribution in [0.2, 0.25) is 0 Å². The molecule has 0 aromatic carbocycles. The normalized spacial score (nSPS) is 16.0. The van der Waals surface area contributed by atoms with Gasteiger partial charge in [0.2, 0.25) is 11.5 Å². The number of ketones is 1. The second kappa shape index (κ2) is 2.64.